The summed E-state index contributed by atoms with van der Waals surface area (Å²) in [6, 6.07) is 8.00. The molecule has 0 aliphatic rings. The molecule has 0 aliphatic heterocycles. The second-order valence-corrected chi connectivity index (χ2v) is 8.62. The van der Waals surface area contributed by atoms with Gasteiger partial charge in [-0.2, -0.15) is 5.10 Å². The predicted octanol–water partition coefficient (Wildman–Crippen LogP) is 4.82. The number of pyridine rings is 1. The Morgan fingerprint density at radius 2 is 2.00 bits per heavy atom. The number of carboxylic acid groups (broad SMARTS) is 1. The molecule has 0 saturated heterocycles. The van der Waals surface area contributed by atoms with Crippen molar-refractivity contribution in [1.29, 1.82) is 0 Å². The highest BCUT2D eigenvalue weighted by molar-refractivity contribution is 6.17. The number of ether oxygens (including phenoxy) is 1. The number of benzene rings is 2. The minimum atomic E-state index is -1.43. The Bertz CT molecular complexity index is 2020. The molecule has 6 rings (SSSR count). The average Bonchev–Trinajstić information content (AvgIpc) is 3.62. The molecule has 0 spiro atoms. The summed E-state index contributed by atoms with van der Waals surface area (Å²) in [6.45, 7) is -0.376. The van der Waals surface area contributed by atoms with E-state index in [0.717, 1.165) is 12.1 Å². The molecule has 39 heavy (non-hydrogen) atoms. The number of nitrogens with zero attached hydrogens (tertiary/aromatic N) is 2. The van der Waals surface area contributed by atoms with Gasteiger partial charge >= 0.3 is 12.1 Å². The smallest absolute Gasteiger partial charge is 0.412 e. The van der Waals surface area contributed by atoms with Crippen LogP contribution in [0.1, 0.15) is 16.1 Å². The molecule has 0 atom stereocenters. The van der Waals surface area contributed by atoms with Crippen LogP contribution >= 0.6 is 0 Å². The molecule has 1 amide bonds. The number of methoxy groups -OCH3 is 1. The van der Waals surface area contributed by atoms with Gasteiger partial charge in [-0.25, -0.2) is 18.4 Å². The zero-order valence-electron chi connectivity index (χ0n) is 20.0. The fourth-order valence-electron chi connectivity index (χ4n) is 4.79. The minimum absolute atomic E-state index is 0.00264. The van der Waals surface area contributed by atoms with Gasteiger partial charge in [0, 0.05) is 22.7 Å². The molecule has 11 nitrogen and oxygen atoms in total. The van der Waals surface area contributed by atoms with Crippen LogP contribution in [0.25, 0.3) is 43.9 Å². The third-order valence-electron chi connectivity index (χ3n) is 6.47. The number of fused-ring (bicyclic) bond motifs is 4. The van der Waals surface area contributed by atoms with Gasteiger partial charge in [0.1, 0.15) is 22.9 Å². The molecular weight excluding hydrogens is 516 g/mol. The second-order valence-electron chi connectivity index (χ2n) is 8.62. The number of aromatic carboxylic acids is 1. The molecule has 0 saturated carbocycles. The van der Waals surface area contributed by atoms with Crippen molar-refractivity contribution in [3.05, 3.63) is 82.1 Å². The number of halogens is 2. The number of carbonyl (C=O) groups excluding carboxylic acids is 1. The first-order valence-corrected chi connectivity index (χ1v) is 11.4. The first kappa shape index (κ1) is 23.9. The Morgan fingerprint density at radius 1 is 1.18 bits per heavy atom. The topological polar surface area (TPSA) is 155 Å². The minimum Gasteiger partial charge on any atom is -0.477 e. The number of carbonyl (C=O) groups is 2. The number of H-pyrrole nitrogens is 2. The van der Waals surface area contributed by atoms with Crippen LogP contribution in [0, 0.1) is 11.6 Å². The molecule has 0 fully saturated rings. The lowest BCUT2D eigenvalue weighted by Gasteiger charge is -2.11. The van der Waals surface area contributed by atoms with Crippen LogP contribution < -0.4 is 10.9 Å². The van der Waals surface area contributed by atoms with Crippen LogP contribution in [0.2, 0.25) is 0 Å². The lowest BCUT2D eigenvalue weighted by Crippen LogP contribution is -2.14. The number of hydrogen-bond acceptors (Lipinski definition) is 6. The van der Waals surface area contributed by atoms with Gasteiger partial charge in [0.15, 0.2) is 5.82 Å². The number of nitrogens with one attached hydrogen (secondary N) is 3. The third kappa shape index (κ3) is 3.70. The Labute approximate surface area is 215 Å². The Morgan fingerprint density at radius 3 is 2.74 bits per heavy atom. The predicted molar refractivity (Wildman–Crippen MR) is 136 cm³/mol. The maximum Gasteiger partial charge on any atom is 0.412 e. The van der Waals surface area contributed by atoms with Crippen LogP contribution in [0.4, 0.5) is 19.4 Å². The van der Waals surface area contributed by atoms with E-state index in [9.17, 15) is 19.5 Å². The summed E-state index contributed by atoms with van der Waals surface area (Å²) >= 11 is 0. The van der Waals surface area contributed by atoms with Crippen molar-refractivity contribution in [2.24, 2.45) is 0 Å². The summed E-state index contributed by atoms with van der Waals surface area (Å²) in [7, 11) is 1.17. The molecule has 4 heterocycles. The van der Waals surface area contributed by atoms with Crippen molar-refractivity contribution in [2.45, 2.75) is 6.54 Å². The molecule has 0 bridgehead atoms. The van der Waals surface area contributed by atoms with Gasteiger partial charge < -0.3 is 23.8 Å². The molecule has 0 unspecified atom stereocenters. The van der Waals surface area contributed by atoms with Crippen molar-refractivity contribution in [1.82, 2.24) is 19.7 Å². The highest BCUT2D eigenvalue weighted by Gasteiger charge is 2.29. The van der Waals surface area contributed by atoms with E-state index in [2.05, 4.69) is 25.2 Å². The van der Waals surface area contributed by atoms with Gasteiger partial charge in [-0.15, -0.1) is 0 Å². The molecule has 196 valence electrons. The summed E-state index contributed by atoms with van der Waals surface area (Å²) < 4.78 is 41.7. The van der Waals surface area contributed by atoms with Crippen molar-refractivity contribution < 1.29 is 32.6 Å². The number of anilines is 1. The van der Waals surface area contributed by atoms with Crippen LogP contribution in [-0.4, -0.2) is 44.0 Å². The third-order valence-corrected chi connectivity index (χ3v) is 6.47. The van der Waals surface area contributed by atoms with Crippen LogP contribution in [0.3, 0.4) is 0 Å². The summed E-state index contributed by atoms with van der Waals surface area (Å²) in [4.78, 5) is 39.7. The molecular formula is C26H17F2N5O6. The van der Waals surface area contributed by atoms with Crippen LogP contribution in [0.5, 0.6) is 0 Å². The quantitative estimate of drug-likeness (QED) is 0.248. The first-order chi connectivity index (χ1) is 18.8. The van der Waals surface area contributed by atoms with Gasteiger partial charge in [-0.3, -0.25) is 15.2 Å². The van der Waals surface area contributed by atoms with E-state index in [1.54, 1.807) is 0 Å². The average molecular weight is 533 g/mol. The number of carboxylic acids is 1. The van der Waals surface area contributed by atoms with Crippen molar-refractivity contribution in [2.75, 3.05) is 12.4 Å². The van der Waals surface area contributed by atoms with E-state index in [-0.39, 0.29) is 62.1 Å². The molecule has 0 aliphatic carbocycles. The monoisotopic (exact) mass is 533 g/mol. The number of aromatic amines is 2. The SMILES string of the molecule is COC(=O)Nc1n[nH]c2cc(F)c(Cn3c(C(=O)O)c(-c4ccc[nH]c4=O)c4c5occc5c(F)cc43)cc12. The first-order valence-electron chi connectivity index (χ1n) is 11.4. The number of furan rings is 1. The van der Waals surface area contributed by atoms with Gasteiger partial charge in [-0.1, -0.05) is 0 Å². The molecule has 6 aromatic rings. The maximum atomic E-state index is 15.3. The zero-order chi connectivity index (χ0) is 27.4. The van der Waals surface area contributed by atoms with Crippen LogP contribution in [0.15, 0.2) is 58.1 Å². The fourth-order valence-corrected chi connectivity index (χ4v) is 4.79. The van der Waals surface area contributed by atoms with Gasteiger partial charge in [0.25, 0.3) is 5.56 Å². The highest BCUT2D eigenvalue weighted by atomic mass is 19.1. The van der Waals surface area contributed by atoms with Crippen molar-refractivity contribution >= 4 is 50.7 Å². The summed E-state index contributed by atoms with van der Waals surface area (Å²) in [5.74, 6) is -2.77. The Kier molecular flexibility index (Phi) is 5.41. The van der Waals surface area contributed by atoms with E-state index in [1.165, 1.54) is 48.4 Å². The number of amides is 1. The maximum absolute atomic E-state index is 15.3. The van der Waals surface area contributed by atoms with Crippen LogP contribution in [-0.2, 0) is 11.3 Å². The molecule has 4 N–H and O–H groups in total. The van der Waals surface area contributed by atoms with E-state index >= 15 is 8.78 Å². The van der Waals surface area contributed by atoms with E-state index < -0.39 is 29.3 Å². The summed E-state index contributed by atoms with van der Waals surface area (Å²) in [6.07, 6.45) is 1.85. The standard InChI is InChI=1S/C26H17F2N5O6/c1-38-26(37)30-23-14-7-11(15(27)8-17(14)31-32-23)10-33-18-9-16(28)12-4-6-39-22(12)20(18)19(21(33)25(35)36)13-3-2-5-29-24(13)34/h2-9H,10H2,1H3,(H,29,34)(H,35,36)(H2,30,31,32,37). The second kappa shape index (κ2) is 8.83. The highest BCUT2D eigenvalue weighted by Crippen LogP contribution is 2.40. The van der Waals surface area contributed by atoms with E-state index in [0.29, 0.717) is 5.39 Å². The molecule has 2 aromatic carbocycles. The fraction of sp³-hybridized carbons (Fsp3) is 0.0769. The van der Waals surface area contributed by atoms with Crippen molar-refractivity contribution in [3.8, 4) is 11.1 Å². The molecule has 13 heteroatoms. The number of aromatic nitrogens is 4. The van der Waals surface area contributed by atoms with Gasteiger partial charge in [-0.05, 0) is 36.4 Å². The largest absolute Gasteiger partial charge is 0.477 e. The normalized spacial score (nSPS) is 11.5. The molecule has 0 radical (unpaired) electrons. The van der Waals surface area contributed by atoms with Crippen molar-refractivity contribution in [3.63, 3.8) is 0 Å². The van der Waals surface area contributed by atoms with E-state index in [1.807, 2.05) is 0 Å². The summed E-state index contributed by atoms with van der Waals surface area (Å²) in [5, 5.41) is 19.9. The zero-order valence-corrected chi connectivity index (χ0v) is 20.0. The van der Waals surface area contributed by atoms with Gasteiger partial charge in [0.05, 0.1) is 47.3 Å². The van der Waals surface area contributed by atoms with Gasteiger partial charge in [0.2, 0.25) is 0 Å². The van der Waals surface area contributed by atoms with E-state index in [4.69, 9.17) is 4.42 Å². The summed E-state index contributed by atoms with van der Waals surface area (Å²) in [5.41, 5.74) is -0.555. The number of rotatable bonds is 5. The Hall–Kier alpha value is -5.46. The lowest BCUT2D eigenvalue weighted by molar-refractivity contribution is 0.0687. The molecule has 4 aromatic heterocycles. The lowest BCUT2D eigenvalue weighted by atomic mass is 10.0. The Balaban J connectivity index is 1.65. The number of hydrogen-bond donors (Lipinski definition) is 4.